The standard InChI is InChI=1S/C19H17N5O2S2/c25-28(26,16-3-1-7-20-11-16)23-9-5-15(12-23)24-18(14-6-10-27-13-14)22-17-4-2-8-21-19(17)24/h1-4,6-8,10-11,13,15H,5,9,12H2. The molecule has 0 amide bonds. The minimum atomic E-state index is -3.56. The van der Waals surface area contributed by atoms with Crippen LogP contribution >= 0.6 is 11.3 Å². The Morgan fingerprint density at radius 3 is 2.82 bits per heavy atom. The summed E-state index contributed by atoms with van der Waals surface area (Å²) in [5.74, 6) is 0.834. The first-order valence-corrected chi connectivity index (χ1v) is 11.3. The number of fused-ring (bicyclic) bond motifs is 1. The number of rotatable bonds is 4. The zero-order chi connectivity index (χ0) is 19.1. The molecule has 0 bridgehead atoms. The molecule has 1 saturated heterocycles. The normalized spacial score (nSPS) is 18.1. The second-order valence-electron chi connectivity index (χ2n) is 6.66. The third-order valence-corrected chi connectivity index (χ3v) is 7.52. The minimum Gasteiger partial charge on any atom is -0.304 e. The van der Waals surface area contributed by atoms with E-state index in [9.17, 15) is 8.42 Å². The van der Waals surface area contributed by atoms with Gasteiger partial charge in [0.2, 0.25) is 10.0 Å². The van der Waals surface area contributed by atoms with Crippen LogP contribution in [0, 0.1) is 0 Å². The number of thiophene rings is 1. The summed E-state index contributed by atoms with van der Waals surface area (Å²) in [6.07, 6.45) is 5.42. The van der Waals surface area contributed by atoms with Gasteiger partial charge in [0.25, 0.3) is 0 Å². The Morgan fingerprint density at radius 2 is 2.04 bits per heavy atom. The van der Waals surface area contributed by atoms with Crippen LogP contribution in [-0.2, 0) is 10.0 Å². The maximum Gasteiger partial charge on any atom is 0.244 e. The Bertz CT molecular complexity index is 1220. The number of imidazole rings is 1. The number of nitrogens with zero attached hydrogens (tertiary/aromatic N) is 5. The van der Waals surface area contributed by atoms with Crippen molar-refractivity contribution in [2.24, 2.45) is 0 Å². The lowest BCUT2D eigenvalue weighted by Crippen LogP contribution is -2.29. The average Bonchev–Trinajstić information content (AvgIpc) is 3.46. The van der Waals surface area contributed by atoms with Crippen LogP contribution in [0.1, 0.15) is 12.5 Å². The van der Waals surface area contributed by atoms with Gasteiger partial charge in [0.1, 0.15) is 16.2 Å². The molecule has 0 N–H and O–H groups in total. The topological polar surface area (TPSA) is 81.0 Å². The molecule has 1 fully saturated rings. The van der Waals surface area contributed by atoms with E-state index in [2.05, 4.69) is 19.9 Å². The molecule has 0 saturated carbocycles. The van der Waals surface area contributed by atoms with Crippen molar-refractivity contribution in [3.05, 3.63) is 59.7 Å². The van der Waals surface area contributed by atoms with Crippen molar-refractivity contribution in [1.82, 2.24) is 23.8 Å². The molecule has 1 aliphatic heterocycles. The number of hydrogen-bond donors (Lipinski definition) is 0. The summed E-state index contributed by atoms with van der Waals surface area (Å²) >= 11 is 1.61. The Morgan fingerprint density at radius 1 is 1.14 bits per heavy atom. The molecule has 4 aromatic heterocycles. The first-order valence-electron chi connectivity index (χ1n) is 8.90. The van der Waals surface area contributed by atoms with E-state index in [0.29, 0.717) is 19.5 Å². The highest BCUT2D eigenvalue weighted by Gasteiger charge is 2.35. The van der Waals surface area contributed by atoms with Gasteiger partial charge in [0.15, 0.2) is 5.65 Å². The summed E-state index contributed by atoms with van der Waals surface area (Å²) in [5, 5.41) is 4.07. The molecule has 0 aromatic carbocycles. The van der Waals surface area contributed by atoms with Crippen LogP contribution in [0.25, 0.3) is 22.6 Å². The van der Waals surface area contributed by atoms with Gasteiger partial charge in [-0.15, -0.1) is 0 Å². The Labute approximate surface area is 166 Å². The SMILES string of the molecule is O=S(=O)(c1cccnc1)N1CCC(n2c(-c3ccsc3)nc3cccnc32)C1. The molecule has 0 spiro atoms. The van der Waals surface area contributed by atoms with Crippen molar-refractivity contribution in [1.29, 1.82) is 0 Å². The minimum absolute atomic E-state index is 0.0266. The fourth-order valence-electron chi connectivity index (χ4n) is 3.66. The van der Waals surface area contributed by atoms with Crippen molar-refractivity contribution in [3.63, 3.8) is 0 Å². The van der Waals surface area contributed by atoms with Gasteiger partial charge in [-0.1, -0.05) is 0 Å². The second-order valence-corrected chi connectivity index (χ2v) is 9.38. The summed E-state index contributed by atoms with van der Waals surface area (Å²) in [7, 11) is -3.56. The van der Waals surface area contributed by atoms with E-state index in [1.807, 2.05) is 23.6 Å². The lowest BCUT2D eigenvalue weighted by molar-refractivity contribution is 0.455. The van der Waals surface area contributed by atoms with Crippen molar-refractivity contribution in [2.75, 3.05) is 13.1 Å². The first kappa shape index (κ1) is 17.5. The molecular formula is C19H17N5O2S2. The average molecular weight is 412 g/mol. The van der Waals surface area contributed by atoms with Gasteiger partial charge < -0.3 is 4.57 Å². The Hall–Kier alpha value is -2.62. The smallest absolute Gasteiger partial charge is 0.244 e. The maximum absolute atomic E-state index is 13.0. The molecule has 1 aliphatic rings. The molecule has 7 nitrogen and oxygen atoms in total. The molecule has 5 heterocycles. The zero-order valence-corrected chi connectivity index (χ0v) is 16.5. The monoisotopic (exact) mass is 411 g/mol. The molecule has 28 heavy (non-hydrogen) atoms. The molecular weight excluding hydrogens is 394 g/mol. The van der Waals surface area contributed by atoms with Crippen LogP contribution < -0.4 is 0 Å². The molecule has 142 valence electrons. The predicted molar refractivity (Wildman–Crippen MR) is 107 cm³/mol. The largest absolute Gasteiger partial charge is 0.304 e. The quantitative estimate of drug-likeness (QED) is 0.515. The molecule has 9 heteroatoms. The van der Waals surface area contributed by atoms with Gasteiger partial charge in [-0.2, -0.15) is 15.6 Å². The highest BCUT2D eigenvalue weighted by molar-refractivity contribution is 7.89. The number of sulfonamides is 1. The van der Waals surface area contributed by atoms with Crippen molar-refractivity contribution in [2.45, 2.75) is 17.4 Å². The fourth-order valence-corrected chi connectivity index (χ4v) is 5.75. The van der Waals surface area contributed by atoms with Crippen LogP contribution in [-0.4, -0.2) is 45.3 Å². The number of hydrogen-bond acceptors (Lipinski definition) is 6. The van der Waals surface area contributed by atoms with Crippen molar-refractivity contribution >= 4 is 32.5 Å². The van der Waals surface area contributed by atoms with E-state index in [4.69, 9.17) is 4.98 Å². The fraction of sp³-hybridized carbons (Fsp3) is 0.211. The molecule has 4 aromatic rings. The van der Waals surface area contributed by atoms with Gasteiger partial charge in [-0.05, 0) is 42.1 Å². The van der Waals surface area contributed by atoms with E-state index in [-0.39, 0.29) is 10.9 Å². The molecule has 5 rings (SSSR count). The third-order valence-electron chi connectivity index (χ3n) is 4.99. The highest BCUT2D eigenvalue weighted by atomic mass is 32.2. The molecule has 0 radical (unpaired) electrons. The van der Waals surface area contributed by atoms with Crippen LogP contribution in [0.2, 0.25) is 0 Å². The first-order chi connectivity index (χ1) is 13.6. The van der Waals surface area contributed by atoms with Crippen LogP contribution in [0.15, 0.2) is 64.6 Å². The van der Waals surface area contributed by atoms with Crippen LogP contribution in [0.4, 0.5) is 0 Å². The molecule has 1 atom stereocenters. The van der Waals surface area contributed by atoms with Gasteiger partial charge in [0.05, 0.1) is 6.04 Å². The van der Waals surface area contributed by atoms with Crippen molar-refractivity contribution in [3.8, 4) is 11.4 Å². The van der Waals surface area contributed by atoms with E-state index in [1.54, 1.807) is 35.9 Å². The molecule has 0 aliphatic carbocycles. The van der Waals surface area contributed by atoms with E-state index in [1.165, 1.54) is 10.5 Å². The summed E-state index contributed by atoms with van der Waals surface area (Å²) < 4.78 is 29.6. The Kier molecular flexibility index (Phi) is 4.22. The summed E-state index contributed by atoms with van der Waals surface area (Å²) in [4.78, 5) is 13.5. The Balaban J connectivity index is 1.55. The summed E-state index contributed by atoms with van der Waals surface area (Å²) in [5.41, 5.74) is 2.63. The lowest BCUT2D eigenvalue weighted by Gasteiger charge is -2.18. The van der Waals surface area contributed by atoms with E-state index >= 15 is 0 Å². The van der Waals surface area contributed by atoms with Gasteiger partial charge >= 0.3 is 0 Å². The van der Waals surface area contributed by atoms with Crippen LogP contribution in [0.3, 0.4) is 0 Å². The van der Waals surface area contributed by atoms with Gasteiger partial charge in [-0.3, -0.25) is 4.98 Å². The zero-order valence-electron chi connectivity index (χ0n) is 14.8. The van der Waals surface area contributed by atoms with Gasteiger partial charge in [0, 0.05) is 42.6 Å². The van der Waals surface area contributed by atoms with Crippen LogP contribution in [0.5, 0.6) is 0 Å². The lowest BCUT2D eigenvalue weighted by atomic mass is 10.2. The van der Waals surface area contributed by atoms with E-state index < -0.39 is 10.0 Å². The second kappa shape index (κ2) is 6.77. The third kappa shape index (κ3) is 2.83. The molecule has 1 unspecified atom stereocenters. The maximum atomic E-state index is 13.0. The highest BCUT2D eigenvalue weighted by Crippen LogP contribution is 2.34. The summed E-state index contributed by atoms with van der Waals surface area (Å²) in [6, 6.07) is 9.03. The number of pyridine rings is 2. The van der Waals surface area contributed by atoms with E-state index in [0.717, 1.165) is 22.6 Å². The number of aromatic nitrogens is 4. The summed E-state index contributed by atoms with van der Waals surface area (Å²) in [6.45, 7) is 0.841. The van der Waals surface area contributed by atoms with Gasteiger partial charge in [-0.25, -0.2) is 18.4 Å². The predicted octanol–water partition coefficient (Wildman–Crippen LogP) is 3.19. The van der Waals surface area contributed by atoms with Crippen molar-refractivity contribution < 1.29 is 8.42 Å².